The van der Waals surface area contributed by atoms with E-state index in [4.69, 9.17) is 5.84 Å². The summed E-state index contributed by atoms with van der Waals surface area (Å²) in [5.74, 6) is 4.85. The average molecular weight is 339 g/mol. The monoisotopic (exact) mass is 339 g/mol. The van der Waals surface area contributed by atoms with Gasteiger partial charge in [0, 0.05) is 24.2 Å². The van der Waals surface area contributed by atoms with Crippen molar-refractivity contribution < 1.29 is 9.18 Å². The summed E-state index contributed by atoms with van der Waals surface area (Å²) in [7, 11) is 1.47. The first-order chi connectivity index (χ1) is 11.9. The largest absolute Gasteiger partial charge is 0.337 e. The van der Waals surface area contributed by atoms with Gasteiger partial charge in [0.15, 0.2) is 5.43 Å². The molecule has 0 unspecified atom stereocenters. The first-order valence-corrected chi connectivity index (χ1v) is 7.78. The Morgan fingerprint density at radius 2 is 1.88 bits per heavy atom. The smallest absolute Gasteiger partial charge is 0.256 e. The molecule has 0 saturated heterocycles. The summed E-state index contributed by atoms with van der Waals surface area (Å²) < 4.78 is 14.9. The van der Waals surface area contributed by atoms with E-state index in [1.54, 1.807) is 29.0 Å². The summed E-state index contributed by atoms with van der Waals surface area (Å²) in [6.45, 7) is 1.92. The number of hydrogen-bond acceptors (Lipinski definition) is 3. The number of hydrazine groups is 1. The number of hydrogen-bond donors (Lipinski definition) is 1. The summed E-state index contributed by atoms with van der Waals surface area (Å²) in [6.07, 6.45) is 1.62. The lowest BCUT2D eigenvalue weighted by Crippen LogP contribution is -2.36. The van der Waals surface area contributed by atoms with E-state index in [1.165, 1.54) is 19.2 Å². The maximum atomic E-state index is 13.2. The van der Waals surface area contributed by atoms with E-state index in [0.29, 0.717) is 22.0 Å². The molecule has 0 saturated carbocycles. The van der Waals surface area contributed by atoms with Crippen LogP contribution < -0.4 is 11.3 Å². The number of nitrogens with zero attached hydrogens (tertiary/aromatic N) is 2. The number of likely N-dealkylation sites (N-methyl/N-ethyl adjacent to an activating group) is 1. The lowest BCUT2D eigenvalue weighted by atomic mass is 10.0. The van der Waals surface area contributed by atoms with Gasteiger partial charge in [-0.05, 0) is 42.3 Å². The highest BCUT2D eigenvalue weighted by atomic mass is 19.1. The Bertz CT molecular complexity index is 1010. The van der Waals surface area contributed by atoms with E-state index in [-0.39, 0.29) is 23.7 Å². The minimum absolute atomic E-state index is 0.00142. The molecule has 1 heterocycles. The molecule has 25 heavy (non-hydrogen) atoms. The van der Waals surface area contributed by atoms with E-state index in [2.05, 4.69) is 0 Å². The Labute approximate surface area is 144 Å². The summed E-state index contributed by atoms with van der Waals surface area (Å²) in [5, 5.41) is 1.51. The molecule has 0 bridgehead atoms. The van der Waals surface area contributed by atoms with Gasteiger partial charge in [-0.3, -0.25) is 14.6 Å². The maximum Gasteiger partial charge on any atom is 0.256 e. The van der Waals surface area contributed by atoms with Gasteiger partial charge < -0.3 is 4.57 Å². The number of carbonyl (C=O) groups is 1. The van der Waals surface area contributed by atoms with Crippen LogP contribution in [0, 0.1) is 12.7 Å². The van der Waals surface area contributed by atoms with Gasteiger partial charge in [-0.2, -0.15) is 0 Å². The summed E-state index contributed by atoms with van der Waals surface area (Å²) in [6, 6.07) is 11.1. The van der Waals surface area contributed by atoms with Gasteiger partial charge in [0.25, 0.3) is 5.91 Å². The van der Waals surface area contributed by atoms with Gasteiger partial charge in [-0.1, -0.05) is 18.2 Å². The first kappa shape index (κ1) is 16.9. The molecular formula is C19H18FN3O2. The van der Waals surface area contributed by atoms with Crippen molar-refractivity contribution >= 4 is 16.8 Å². The van der Waals surface area contributed by atoms with Crippen LogP contribution in [0.3, 0.4) is 0 Å². The summed E-state index contributed by atoms with van der Waals surface area (Å²) in [5.41, 5.74) is 2.47. The molecule has 6 heteroatoms. The maximum absolute atomic E-state index is 13.2. The second-order valence-electron chi connectivity index (χ2n) is 6.03. The van der Waals surface area contributed by atoms with Crippen molar-refractivity contribution in [1.29, 1.82) is 0 Å². The van der Waals surface area contributed by atoms with E-state index in [0.717, 1.165) is 10.6 Å². The highest BCUT2D eigenvalue weighted by Crippen LogP contribution is 2.21. The molecule has 3 aromatic rings. The molecule has 0 spiro atoms. The predicted octanol–water partition coefficient (Wildman–Crippen LogP) is 2.45. The number of aromatic nitrogens is 1. The van der Waals surface area contributed by atoms with Crippen LogP contribution in [-0.4, -0.2) is 22.5 Å². The fourth-order valence-electron chi connectivity index (χ4n) is 2.72. The number of amides is 1. The zero-order valence-corrected chi connectivity index (χ0v) is 14.0. The van der Waals surface area contributed by atoms with Gasteiger partial charge in [0.2, 0.25) is 0 Å². The number of aryl methyl sites for hydroxylation is 1. The molecule has 128 valence electrons. The van der Waals surface area contributed by atoms with Crippen LogP contribution in [0.15, 0.2) is 53.5 Å². The number of benzene rings is 2. The van der Waals surface area contributed by atoms with Crippen molar-refractivity contribution in [1.82, 2.24) is 9.58 Å². The highest BCUT2D eigenvalue weighted by Gasteiger charge is 2.14. The Morgan fingerprint density at radius 3 is 2.52 bits per heavy atom. The zero-order valence-electron chi connectivity index (χ0n) is 14.0. The minimum Gasteiger partial charge on any atom is -0.337 e. The van der Waals surface area contributed by atoms with Crippen LogP contribution in [0.4, 0.5) is 4.39 Å². The Hall–Kier alpha value is -2.99. The third-order valence-electron chi connectivity index (χ3n) is 4.09. The molecule has 2 N–H and O–H groups in total. The molecule has 3 rings (SSSR count). The van der Waals surface area contributed by atoms with Crippen LogP contribution in [0.1, 0.15) is 5.56 Å². The number of nitrogens with two attached hydrogens (primary N) is 1. The van der Waals surface area contributed by atoms with E-state index < -0.39 is 0 Å². The number of halogens is 1. The summed E-state index contributed by atoms with van der Waals surface area (Å²) >= 11 is 0. The quantitative estimate of drug-likeness (QED) is 0.453. The Morgan fingerprint density at radius 1 is 1.20 bits per heavy atom. The second kappa shape index (κ2) is 6.49. The van der Waals surface area contributed by atoms with Gasteiger partial charge in [-0.25, -0.2) is 10.2 Å². The van der Waals surface area contributed by atoms with Crippen molar-refractivity contribution in [2.24, 2.45) is 5.84 Å². The fraction of sp³-hybridized carbons (Fsp3) is 0.158. The van der Waals surface area contributed by atoms with Crippen molar-refractivity contribution in [3.05, 3.63) is 70.3 Å². The van der Waals surface area contributed by atoms with Gasteiger partial charge in [0.1, 0.15) is 12.4 Å². The second-order valence-corrected chi connectivity index (χ2v) is 6.03. The number of carbonyl (C=O) groups excluding carboxylic acids is 1. The Balaban J connectivity index is 2.26. The van der Waals surface area contributed by atoms with Crippen LogP contribution >= 0.6 is 0 Å². The highest BCUT2D eigenvalue weighted by molar-refractivity contribution is 5.86. The molecule has 5 nitrogen and oxygen atoms in total. The van der Waals surface area contributed by atoms with E-state index >= 15 is 0 Å². The van der Waals surface area contributed by atoms with Crippen molar-refractivity contribution in [3.63, 3.8) is 0 Å². The SMILES string of the molecule is Cc1ccc2c(=O)c(-c3ccc(F)cc3)cn(CC(=O)N(C)N)c2c1. The van der Waals surface area contributed by atoms with Crippen molar-refractivity contribution in [2.75, 3.05) is 7.05 Å². The lowest BCUT2D eigenvalue weighted by molar-refractivity contribution is -0.130. The van der Waals surface area contributed by atoms with Crippen molar-refractivity contribution in [3.8, 4) is 11.1 Å². The predicted molar refractivity (Wildman–Crippen MR) is 95.3 cm³/mol. The molecule has 0 aliphatic rings. The third-order valence-corrected chi connectivity index (χ3v) is 4.09. The molecule has 1 amide bonds. The van der Waals surface area contributed by atoms with Gasteiger partial charge in [0.05, 0.1) is 5.52 Å². The van der Waals surface area contributed by atoms with Crippen LogP contribution in [0.5, 0.6) is 0 Å². The number of rotatable bonds is 3. The lowest BCUT2D eigenvalue weighted by Gasteiger charge is -2.16. The minimum atomic E-state index is -0.375. The molecular weight excluding hydrogens is 321 g/mol. The molecule has 0 atom stereocenters. The van der Waals surface area contributed by atoms with Gasteiger partial charge >= 0.3 is 0 Å². The molecule has 0 aliphatic heterocycles. The average Bonchev–Trinajstić information content (AvgIpc) is 2.58. The number of pyridine rings is 1. The van der Waals surface area contributed by atoms with Crippen LogP contribution in [0.25, 0.3) is 22.0 Å². The molecule has 1 aromatic heterocycles. The normalized spacial score (nSPS) is 10.9. The molecule has 0 radical (unpaired) electrons. The van der Waals surface area contributed by atoms with E-state index in [1.807, 2.05) is 19.1 Å². The topological polar surface area (TPSA) is 68.3 Å². The van der Waals surface area contributed by atoms with Gasteiger partial charge in [-0.15, -0.1) is 0 Å². The molecule has 0 aliphatic carbocycles. The Kier molecular flexibility index (Phi) is 4.37. The zero-order chi connectivity index (χ0) is 18.1. The standard InChI is InChI=1S/C19H18FN3O2/c1-12-3-8-15-17(9-12)23(11-18(24)22(2)21)10-16(19(15)25)13-4-6-14(20)7-5-13/h3-10H,11,21H2,1-2H3. The fourth-order valence-corrected chi connectivity index (χ4v) is 2.72. The number of fused-ring (bicyclic) bond motifs is 1. The van der Waals surface area contributed by atoms with E-state index in [9.17, 15) is 14.0 Å². The molecule has 0 fully saturated rings. The molecule has 2 aromatic carbocycles. The van der Waals surface area contributed by atoms with Crippen molar-refractivity contribution in [2.45, 2.75) is 13.5 Å². The van der Waals surface area contributed by atoms with Crippen LogP contribution in [0.2, 0.25) is 0 Å². The summed E-state index contributed by atoms with van der Waals surface area (Å²) in [4.78, 5) is 24.9. The third kappa shape index (κ3) is 3.29. The first-order valence-electron chi connectivity index (χ1n) is 7.78. The van der Waals surface area contributed by atoms with Crippen LogP contribution in [-0.2, 0) is 11.3 Å².